The molecule has 1 atom stereocenters. The van der Waals surface area contributed by atoms with Gasteiger partial charge >= 0.3 is 0 Å². The summed E-state index contributed by atoms with van der Waals surface area (Å²) in [4.78, 5) is 4.40. The van der Waals surface area contributed by atoms with Gasteiger partial charge in [0.15, 0.2) is 5.13 Å². The molecule has 0 saturated carbocycles. The average Bonchev–Trinajstić information content (AvgIpc) is 2.77. The minimum atomic E-state index is -0.274. The standard InChI is InChI=1S/C13H15BrN2OS/c1-13(8-17-2,11-7-18-12(15)16-11)9-3-5-10(14)6-4-9/h3-7H,8H2,1-2H3,(H2,15,16). The van der Waals surface area contributed by atoms with Crippen LogP contribution in [0, 0.1) is 0 Å². The van der Waals surface area contributed by atoms with Gasteiger partial charge in [0.25, 0.3) is 0 Å². The van der Waals surface area contributed by atoms with Crippen LogP contribution in [0.1, 0.15) is 18.2 Å². The second-order valence-corrected chi connectivity index (χ2v) is 6.15. The first-order valence-electron chi connectivity index (χ1n) is 5.53. The van der Waals surface area contributed by atoms with Crippen LogP contribution >= 0.6 is 27.3 Å². The van der Waals surface area contributed by atoms with Gasteiger partial charge in [-0.2, -0.15) is 0 Å². The van der Waals surface area contributed by atoms with Gasteiger partial charge in [-0.1, -0.05) is 28.1 Å². The van der Waals surface area contributed by atoms with Crippen molar-refractivity contribution < 1.29 is 4.74 Å². The minimum absolute atomic E-state index is 0.274. The van der Waals surface area contributed by atoms with E-state index in [1.807, 2.05) is 17.5 Å². The zero-order valence-corrected chi connectivity index (χ0v) is 12.7. The first kappa shape index (κ1) is 13.5. The molecule has 5 heteroatoms. The SMILES string of the molecule is COCC(C)(c1ccc(Br)cc1)c1csc(N)n1. The molecular weight excluding hydrogens is 312 g/mol. The van der Waals surface area contributed by atoms with Crippen molar-refractivity contribution in [1.82, 2.24) is 4.98 Å². The topological polar surface area (TPSA) is 48.1 Å². The van der Waals surface area contributed by atoms with E-state index >= 15 is 0 Å². The molecule has 2 aromatic rings. The van der Waals surface area contributed by atoms with Gasteiger partial charge in [0, 0.05) is 17.0 Å². The number of halogens is 1. The van der Waals surface area contributed by atoms with E-state index in [9.17, 15) is 0 Å². The van der Waals surface area contributed by atoms with E-state index < -0.39 is 0 Å². The van der Waals surface area contributed by atoms with Crippen molar-refractivity contribution in [2.24, 2.45) is 0 Å². The Hall–Kier alpha value is -0.910. The number of hydrogen-bond donors (Lipinski definition) is 1. The Balaban J connectivity index is 2.46. The Morgan fingerprint density at radius 2 is 2.06 bits per heavy atom. The van der Waals surface area contributed by atoms with Gasteiger partial charge in [-0.05, 0) is 24.6 Å². The predicted molar refractivity (Wildman–Crippen MR) is 79.0 cm³/mol. The van der Waals surface area contributed by atoms with E-state index in [1.165, 1.54) is 11.3 Å². The highest BCUT2D eigenvalue weighted by molar-refractivity contribution is 9.10. The zero-order valence-electron chi connectivity index (χ0n) is 10.3. The van der Waals surface area contributed by atoms with Crippen molar-refractivity contribution >= 4 is 32.4 Å². The highest BCUT2D eigenvalue weighted by Gasteiger charge is 2.31. The fraction of sp³-hybridized carbons (Fsp3) is 0.308. The number of anilines is 1. The Labute approximate surface area is 119 Å². The number of benzene rings is 1. The van der Waals surface area contributed by atoms with Crippen molar-refractivity contribution in [3.05, 3.63) is 45.4 Å². The quantitative estimate of drug-likeness (QED) is 0.936. The third-order valence-electron chi connectivity index (χ3n) is 3.00. The van der Waals surface area contributed by atoms with Gasteiger partial charge in [0.2, 0.25) is 0 Å². The van der Waals surface area contributed by atoms with E-state index in [4.69, 9.17) is 10.5 Å². The molecule has 18 heavy (non-hydrogen) atoms. The number of hydrogen-bond acceptors (Lipinski definition) is 4. The van der Waals surface area contributed by atoms with Crippen LogP contribution in [-0.2, 0) is 10.2 Å². The average molecular weight is 327 g/mol. The fourth-order valence-corrected chi connectivity index (χ4v) is 2.91. The van der Waals surface area contributed by atoms with Crippen LogP contribution in [0.4, 0.5) is 5.13 Å². The summed E-state index contributed by atoms with van der Waals surface area (Å²) in [6.45, 7) is 2.69. The lowest BCUT2D eigenvalue weighted by molar-refractivity contribution is 0.154. The molecule has 3 nitrogen and oxygen atoms in total. The Bertz CT molecular complexity index is 526. The van der Waals surface area contributed by atoms with E-state index in [1.54, 1.807) is 7.11 Å². The van der Waals surface area contributed by atoms with Crippen molar-refractivity contribution in [3.8, 4) is 0 Å². The molecule has 1 aromatic carbocycles. The third kappa shape index (κ3) is 2.58. The lowest BCUT2D eigenvalue weighted by atomic mass is 9.81. The summed E-state index contributed by atoms with van der Waals surface area (Å²) in [5.41, 5.74) is 7.58. The first-order chi connectivity index (χ1) is 8.56. The van der Waals surface area contributed by atoms with Gasteiger partial charge in [0.1, 0.15) is 0 Å². The molecule has 0 aliphatic carbocycles. The van der Waals surface area contributed by atoms with E-state index in [0.717, 1.165) is 15.7 Å². The summed E-state index contributed by atoms with van der Waals surface area (Å²) >= 11 is 4.90. The highest BCUT2D eigenvalue weighted by atomic mass is 79.9. The maximum Gasteiger partial charge on any atom is 0.180 e. The van der Waals surface area contributed by atoms with E-state index in [-0.39, 0.29) is 5.41 Å². The molecule has 1 unspecified atom stereocenters. The molecule has 0 radical (unpaired) electrons. The second-order valence-electron chi connectivity index (χ2n) is 4.34. The highest BCUT2D eigenvalue weighted by Crippen LogP contribution is 2.34. The largest absolute Gasteiger partial charge is 0.383 e. The molecule has 0 spiro atoms. The summed E-state index contributed by atoms with van der Waals surface area (Å²) in [6, 6.07) is 8.22. The normalized spacial score (nSPS) is 14.4. The lowest BCUT2D eigenvalue weighted by Gasteiger charge is -2.27. The molecule has 96 valence electrons. The zero-order chi connectivity index (χ0) is 13.2. The summed E-state index contributed by atoms with van der Waals surface area (Å²) in [7, 11) is 1.70. The molecule has 0 aliphatic heterocycles. The van der Waals surface area contributed by atoms with Crippen LogP contribution in [0.3, 0.4) is 0 Å². The molecule has 0 amide bonds. The molecule has 0 fully saturated rings. The van der Waals surface area contributed by atoms with Crippen LogP contribution in [0.2, 0.25) is 0 Å². The van der Waals surface area contributed by atoms with Gasteiger partial charge in [-0.3, -0.25) is 0 Å². The number of nitrogens with zero attached hydrogens (tertiary/aromatic N) is 1. The molecular formula is C13H15BrN2OS. The number of rotatable bonds is 4. The number of ether oxygens (including phenoxy) is 1. The van der Waals surface area contributed by atoms with Crippen molar-refractivity contribution in [3.63, 3.8) is 0 Å². The van der Waals surface area contributed by atoms with Crippen molar-refractivity contribution in [2.75, 3.05) is 19.5 Å². The molecule has 0 bridgehead atoms. The Kier molecular flexibility index (Phi) is 4.04. The molecule has 1 aromatic heterocycles. The van der Waals surface area contributed by atoms with Crippen molar-refractivity contribution in [1.29, 1.82) is 0 Å². The molecule has 1 heterocycles. The summed E-state index contributed by atoms with van der Waals surface area (Å²) < 4.78 is 6.43. The first-order valence-corrected chi connectivity index (χ1v) is 7.20. The van der Waals surface area contributed by atoms with Crippen LogP contribution in [0.15, 0.2) is 34.1 Å². The van der Waals surface area contributed by atoms with E-state index in [0.29, 0.717) is 11.7 Å². The van der Waals surface area contributed by atoms with Gasteiger partial charge in [-0.25, -0.2) is 4.98 Å². The molecule has 0 saturated heterocycles. The number of nitrogen functional groups attached to an aromatic ring is 1. The van der Waals surface area contributed by atoms with E-state index in [2.05, 4.69) is 40.0 Å². The Morgan fingerprint density at radius 3 is 2.56 bits per heavy atom. The monoisotopic (exact) mass is 326 g/mol. The number of aromatic nitrogens is 1. The second kappa shape index (κ2) is 5.38. The maximum atomic E-state index is 5.73. The maximum absolute atomic E-state index is 5.73. The number of thiazole rings is 1. The third-order valence-corrected chi connectivity index (χ3v) is 4.20. The van der Waals surface area contributed by atoms with Crippen LogP contribution in [-0.4, -0.2) is 18.7 Å². The summed E-state index contributed by atoms with van der Waals surface area (Å²) in [6.07, 6.45) is 0. The van der Waals surface area contributed by atoms with Crippen LogP contribution in [0.25, 0.3) is 0 Å². The molecule has 0 aliphatic rings. The van der Waals surface area contributed by atoms with Crippen LogP contribution in [0.5, 0.6) is 0 Å². The molecule has 2 rings (SSSR count). The number of methoxy groups -OCH3 is 1. The van der Waals surface area contributed by atoms with Crippen LogP contribution < -0.4 is 5.73 Å². The van der Waals surface area contributed by atoms with Crippen molar-refractivity contribution in [2.45, 2.75) is 12.3 Å². The van der Waals surface area contributed by atoms with Gasteiger partial charge < -0.3 is 10.5 Å². The summed E-state index contributed by atoms with van der Waals surface area (Å²) in [5.74, 6) is 0. The summed E-state index contributed by atoms with van der Waals surface area (Å²) in [5, 5.41) is 2.58. The van der Waals surface area contributed by atoms with Gasteiger partial charge in [0.05, 0.1) is 17.7 Å². The predicted octanol–water partition coefficient (Wildman–Crippen LogP) is 3.44. The lowest BCUT2D eigenvalue weighted by Crippen LogP contribution is -2.29. The minimum Gasteiger partial charge on any atom is -0.383 e. The van der Waals surface area contributed by atoms with Gasteiger partial charge in [-0.15, -0.1) is 11.3 Å². The number of nitrogens with two attached hydrogens (primary N) is 1. The Morgan fingerprint density at radius 1 is 1.39 bits per heavy atom. The fourth-order valence-electron chi connectivity index (χ4n) is 1.95. The molecule has 2 N–H and O–H groups in total. The smallest absolute Gasteiger partial charge is 0.180 e.